The summed E-state index contributed by atoms with van der Waals surface area (Å²) in [6.45, 7) is 10.2. The molecule has 1 N–H and O–H groups in total. The van der Waals surface area contributed by atoms with Gasteiger partial charge in [0, 0.05) is 38.2 Å². The molecule has 0 fully saturated rings. The molecule has 1 aliphatic rings. The van der Waals surface area contributed by atoms with Gasteiger partial charge < -0.3 is 9.84 Å². The number of benzene rings is 3. The first-order chi connectivity index (χ1) is 18.5. The van der Waals surface area contributed by atoms with E-state index in [1.54, 1.807) is 10.7 Å². The van der Waals surface area contributed by atoms with Gasteiger partial charge in [0.25, 0.3) is 0 Å². The maximum Gasteiger partial charge on any atom is 0.304 e. The second kappa shape index (κ2) is 10.2. The van der Waals surface area contributed by atoms with E-state index < -0.39 is 11.6 Å². The number of nitrogens with zero attached hydrogens (tertiary/aromatic N) is 5. The van der Waals surface area contributed by atoms with Gasteiger partial charge in [-0.05, 0) is 79.8 Å². The zero-order valence-electron chi connectivity index (χ0n) is 23.0. The summed E-state index contributed by atoms with van der Waals surface area (Å²) in [5.74, 6) is -0.364. The topological polar surface area (TPSA) is 104 Å². The summed E-state index contributed by atoms with van der Waals surface area (Å²) in [6.07, 6.45) is -0.0238. The Morgan fingerprint density at radius 2 is 1.97 bits per heavy atom. The van der Waals surface area contributed by atoms with Crippen LogP contribution in [0.25, 0.3) is 11.0 Å². The number of fused-ring (bicyclic) bond motifs is 2. The van der Waals surface area contributed by atoms with Crippen LogP contribution in [0.2, 0.25) is 0 Å². The Morgan fingerprint density at radius 1 is 1.18 bits per heavy atom. The van der Waals surface area contributed by atoms with Crippen LogP contribution < -0.4 is 4.74 Å². The lowest BCUT2D eigenvalue weighted by Crippen LogP contribution is -2.40. The largest absolute Gasteiger partial charge is 0.486 e. The van der Waals surface area contributed by atoms with E-state index in [0.29, 0.717) is 25.2 Å². The second-order valence-corrected chi connectivity index (χ2v) is 11.1. The normalized spacial score (nSPS) is 15.7. The lowest BCUT2D eigenvalue weighted by molar-refractivity contribution is -0.137. The lowest BCUT2D eigenvalue weighted by Gasteiger charge is -2.30. The van der Waals surface area contributed by atoms with Crippen LogP contribution in [-0.4, -0.2) is 43.1 Å². The number of carbonyl (C=O) groups is 1. The van der Waals surface area contributed by atoms with Crippen LogP contribution in [0.15, 0.2) is 48.5 Å². The first kappa shape index (κ1) is 26.4. The molecule has 0 aliphatic carbocycles. The van der Waals surface area contributed by atoms with Gasteiger partial charge >= 0.3 is 5.97 Å². The van der Waals surface area contributed by atoms with Crippen LogP contribution in [0, 0.1) is 25.2 Å². The fourth-order valence-electron chi connectivity index (χ4n) is 5.68. The smallest absolute Gasteiger partial charge is 0.304 e. The number of aromatic nitrogens is 3. The monoisotopic (exact) mass is 523 g/mol. The van der Waals surface area contributed by atoms with Crippen molar-refractivity contribution in [3.8, 4) is 11.8 Å². The number of aliphatic carboxylic acids is 1. The van der Waals surface area contributed by atoms with Crippen molar-refractivity contribution >= 4 is 17.0 Å². The molecule has 1 aliphatic heterocycles. The van der Waals surface area contributed by atoms with Crippen LogP contribution in [0.3, 0.4) is 0 Å². The number of carboxylic acids is 1. The predicted octanol–water partition coefficient (Wildman–Crippen LogP) is 5.24. The van der Waals surface area contributed by atoms with Crippen LogP contribution in [0.1, 0.15) is 65.1 Å². The lowest BCUT2D eigenvalue weighted by atomic mass is 9.84. The number of hydrogen-bond acceptors (Lipinski definition) is 6. The molecule has 0 saturated carbocycles. The molecule has 0 radical (unpaired) electrons. The van der Waals surface area contributed by atoms with Crippen molar-refractivity contribution in [2.75, 3.05) is 6.54 Å². The first-order valence-electron chi connectivity index (χ1n) is 13.1. The SMILES string of the molecule is Cc1ccc(C(CC(=O)O)c2ccc3c(nnn3C)c2C)cc1CN1Cc2cc(C#N)ccc2OC(C)(C)C1. The van der Waals surface area contributed by atoms with Gasteiger partial charge in [0.1, 0.15) is 16.9 Å². The van der Waals surface area contributed by atoms with E-state index in [2.05, 4.69) is 54.2 Å². The minimum atomic E-state index is -0.850. The van der Waals surface area contributed by atoms with Crippen molar-refractivity contribution in [1.29, 1.82) is 5.26 Å². The van der Waals surface area contributed by atoms with Gasteiger partial charge in [0.2, 0.25) is 0 Å². The van der Waals surface area contributed by atoms with Gasteiger partial charge in [-0.25, -0.2) is 4.68 Å². The minimum absolute atomic E-state index is 0.0238. The molecule has 8 nitrogen and oxygen atoms in total. The molecule has 200 valence electrons. The number of aryl methyl sites for hydroxylation is 3. The third-order valence-corrected chi connectivity index (χ3v) is 7.58. The van der Waals surface area contributed by atoms with E-state index in [0.717, 1.165) is 50.2 Å². The molecule has 0 saturated heterocycles. The first-order valence-corrected chi connectivity index (χ1v) is 13.1. The van der Waals surface area contributed by atoms with Gasteiger partial charge in [-0.2, -0.15) is 5.26 Å². The van der Waals surface area contributed by atoms with E-state index in [4.69, 9.17) is 4.74 Å². The highest BCUT2D eigenvalue weighted by Crippen LogP contribution is 2.35. The third kappa shape index (κ3) is 5.36. The van der Waals surface area contributed by atoms with Crippen molar-refractivity contribution in [1.82, 2.24) is 19.9 Å². The zero-order chi connectivity index (χ0) is 27.9. The summed E-state index contributed by atoms with van der Waals surface area (Å²) < 4.78 is 8.06. The van der Waals surface area contributed by atoms with E-state index >= 15 is 0 Å². The van der Waals surface area contributed by atoms with Crippen molar-refractivity contribution in [2.45, 2.75) is 58.7 Å². The van der Waals surface area contributed by atoms with Gasteiger partial charge in [0.05, 0.1) is 23.6 Å². The van der Waals surface area contributed by atoms with Crippen molar-refractivity contribution in [3.05, 3.63) is 87.5 Å². The highest BCUT2D eigenvalue weighted by molar-refractivity contribution is 5.80. The summed E-state index contributed by atoms with van der Waals surface area (Å²) in [6, 6.07) is 18.1. The number of hydrogen-bond donors (Lipinski definition) is 1. The Kier molecular flexibility index (Phi) is 6.87. The van der Waals surface area contributed by atoms with E-state index in [-0.39, 0.29) is 12.3 Å². The van der Waals surface area contributed by atoms with Crippen molar-refractivity contribution in [3.63, 3.8) is 0 Å². The average Bonchev–Trinajstić information content (AvgIpc) is 3.20. The molecule has 1 unspecified atom stereocenters. The molecular weight excluding hydrogens is 490 g/mol. The Balaban J connectivity index is 1.51. The number of ether oxygens (including phenoxy) is 1. The summed E-state index contributed by atoms with van der Waals surface area (Å²) >= 11 is 0. The van der Waals surface area contributed by atoms with Crippen molar-refractivity contribution in [2.24, 2.45) is 7.05 Å². The Labute approximate surface area is 228 Å². The summed E-state index contributed by atoms with van der Waals surface area (Å²) in [5, 5.41) is 27.7. The molecule has 8 heteroatoms. The summed E-state index contributed by atoms with van der Waals surface area (Å²) in [5.41, 5.74) is 8.03. The zero-order valence-corrected chi connectivity index (χ0v) is 23.0. The molecule has 1 atom stereocenters. The molecule has 0 spiro atoms. The standard InChI is InChI=1S/C31H33N5O3/c1-19-6-8-22(26(14-29(37)38)25-9-10-27-30(20(25)2)33-34-35(27)5)13-23(19)16-36-17-24-12-21(15-32)7-11-28(24)39-31(3,4)18-36/h6-13,26H,14,16-18H2,1-5H3,(H,37,38). The number of nitriles is 1. The maximum atomic E-state index is 12.0. The Morgan fingerprint density at radius 3 is 2.72 bits per heavy atom. The van der Waals surface area contributed by atoms with Crippen LogP contribution in [0.5, 0.6) is 5.75 Å². The average molecular weight is 524 g/mol. The molecule has 0 bridgehead atoms. The molecule has 39 heavy (non-hydrogen) atoms. The fraction of sp³-hybridized carbons (Fsp3) is 0.355. The van der Waals surface area contributed by atoms with E-state index in [1.807, 2.05) is 44.3 Å². The molecule has 5 rings (SSSR count). The van der Waals surface area contributed by atoms with E-state index in [1.165, 1.54) is 0 Å². The van der Waals surface area contributed by atoms with Crippen molar-refractivity contribution < 1.29 is 14.6 Å². The number of carboxylic acid groups (broad SMARTS) is 1. The summed E-state index contributed by atoms with van der Waals surface area (Å²) in [4.78, 5) is 14.3. The quantitative estimate of drug-likeness (QED) is 0.369. The summed E-state index contributed by atoms with van der Waals surface area (Å²) in [7, 11) is 1.85. The molecule has 3 aromatic carbocycles. The fourth-order valence-corrected chi connectivity index (χ4v) is 5.68. The highest BCUT2D eigenvalue weighted by atomic mass is 16.5. The minimum Gasteiger partial charge on any atom is -0.486 e. The second-order valence-electron chi connectivity index (χ2n) is 11.1. The molecule has 1 aromatic heterocycles. The van der Waals surface area contributed by atoms with E-state index in [9.17, 15) is 15.2 Å². The maximum absolute atomic E-state index is 12.0. The van der Waals surface area contributed by atoms with Crippen LogP contribution in [-0.2, 0) is 24.9 Å². The van der Waals surface area contributed by atoms with Gasteiger partial charge in [-0.1, -0.05) is 29.5 Å². The molecular formula is C31H33N5O3. The number of rotatable bonds is 6. The molecule has 2 heterocycles. The molecule has 4 aromatic rings. The predicted molar refractivity (Wildman–Crippen MR) is 148 cm³/mol. The van der Waals surface area contributed by atoms with Gasteiger partial charge in [-0.3, -0.25) is 9.69 Å². The highest BCUT2D eigenvalue weighted by Gasteiger charge is 2.30. The van der Waals surface area contributed by atoms with Crippen LogP contribution in [0.4, 0.5) is 0 Å². The Bertz CT molecular complexity index is 1610. The van der Waals surface area contributed by atoms with Gasteiger partial charge in [0.15, 0.2) is 0 Å². The molecule has 0 amide bonds. The van der Waals surface area contributed by atoms with Crippen LogP contribution >= 0.6 is 0 Å². The Hall–Kier alpha value is -4.22. The third-order valence-electron chi connectivity index (χ3n) is 7.58. The van der Waals surface area contributed by atoms with Gasteiger partial charge in [-0.15, -0.1) is 5.10 Å².